The van der Waals surface area contributed by atoms with E-state index in [1.54, 1.807) is 13.1 Å². The Bertz CT molecular complexity index is 1720. The average molecular weight is 469 g/mol. The molecule has 1 aliphatic rings. The summed E-state index contributed by atoms with van der Waals surface area (Å²) < 4.78 is 19.8. The highest BCUT2D eigenvalue weighted by Gasteiger charge is 2.25. The van der Waals surface area contributed by atoms with Crippen LogP contribution in [-0.4, -0.2) is 37.7 Å². The Morgan fingerprint density at radius 1 is 1.09 bits per heavy atom. The van der Waals surface area contributed by atoms with Crippen molar-refractivity contribution >= 4 is 38.7 Å². The number of halogens is 1. The number of ether oxygens (including phenoxy) is 1. The molecule has 5 aromatic rings. The number of aromatic hydroxyl groups is 1. The standard InChI is InChI=1S/C27H20FN3O4/c1-12-17(10-20(32)33)21(16-3-4-19-23-14(6-8-35-19)5-7-29-25(16)23)13(2)22-24(12)31-27(34)18-9-15(28)11-30-26(18)22/h3-5,7,9,11H,6,8,10H2,1-2H3,(H,31,34)(H,32,33). The largest absolute Gasteiger partial charge is 0.493 e. The van der Waals surface area contributed by atoms with Gasteiger partial charge in [0.05, 0.1) is 41.2 Å². The SMILES string of the molecule is Cc1c(CC(=O)O)c(-c2ccc3c4c(ccnc24)CCO3)c(C)c2c1nc(O)c1cc(F)cnc12. The van der Waals surface area contributed by atoms with Crippen molar-refractivity contribution in [1.29, 1.82) is 0 Å². The van der Waals surface area contributed by atoms with Crippen molar-refractivity contribution in [3.8, 4) is 22.8 Å². The number of nitrogens with zero attached hydrogens (tertiary/aromatic N) is 3. The molecule has 0 amide bonds. The highest BCUT2D eigenvalue weighted by molar-refractivity contribution is 6.12. The Kier molecular flexibility index (Phi) is 4.60. The van der Waals surface area contributed by atoms with Gasteiger partial charge in [-0.15, -0.1) is 0 Å². The molecular weight excluding hydrogens is 449 g/mol. The van der Waals surface area contributed by atoms with E-state index in [1.807, 2.05) is 25.1 Å². The molecule has 0 radical (unpaired) electrons. The number of carboxylic acids is 1. The van der Waals surface area contributed by atoms with Gasteiger partial charge in [-0.2, -0.15) is 0 Å². The van der Waals surface area contributed by atoms with Crippen molar-refractivity contribution in [2.45, 2.75) is 26.7 Å². The second-order valence-electron chi connectivity index (χ2n) is 8.79. The number of aryl methyl sites for hydroxylation is 2. The van der Waals surface area contributed by atoms with Crippen LogP contribution in [0.5, 0.6) is 11.6 Å². The van der Waals surface area contributed by atoms with Gasteiger partial charge in [0.25, 0.3) is 0 Å². The molecule has 2 N–H and O–H groups in total. The number of pyridine rings is 3. The zero-order valence-electron chi connectivity index (χ0n) is 19.0. The Balaban J connectivity index is 1.81. The highest BCUT2D eigenvalue weighted by Crippen LogP contribution is 2.44. The number of fused-ring (bicyclic) bond motifs is 3. The van der Waals surface area contributed by atoms with Crippen LogP contribution in [0.25, 0.3) is 43.8 Å². The Labute approximate surface area is 198 Å². The first-order chi connectivity index (χ1) is 16.8. The summed E-state index contributed by atoms with van der Waals surface area (Å²) in [4.78, 5) is 25.2. The lowest BCUT2D eigenvalue weighted by Gasteiger charge is -2.23. The zero-order chi connectivity index (χ0) is 24.4. The summed E-state index contributed by atoms with van der Waals surface area (Å²) in [7, 11) is 0. The van der Waals surface area contributed by atoms with Crippen LogP contribution in [0.15, 0.2) is 36.7 Å². The van der Waals surface area contributed by atoms with Gasteiger partial charge in [0.1, 0.15) is 11.6 Å². The fourth-order valence-electron chi connectivity index (χ4n) is 5.29. The molecule has 6 rings (SSSR count). The Hall–Kier alpha value is -4.33. The van der Waals surface area contributed by atoms with Crippen LogP contribution in [-0.2, 0) is 17.6 Å². The summed E-state index contributed by atoms with van der Waals surface area (Å²) in [5.74, 6) is -1.17. The predicted octanol–water partition coefficient (Wildman–Crippen LogP) is 5.02. The minimum Gasteiger partial charge on any atom is -0.493 e. The summed E-state index contributed by atoms with van der Waals surface area (Å²) in [5, 5.41) is 22.1. The van der Waals surface area contributed by atoms with Gasteiger partial charge in [0.15, 0.2) is 0 Å². The number of aliphatic carboxylic acids is 1. The lowest BCUT2D eigenvalue weighted by Crippen LogP contribution is -2.10. The van der Waals surface area contributed by atoms with E-state index < -0.39 is 11.8 Å². The normalized spacial score (nSPS) is 12.9. The van der Waals surface area contributed by atoms with Crippen LogP contribution in [0.4, 0.5) is 4.39 Å². The van der Waals surface area contributed by atoms with Crippen molar-refractivity contribution < 1.29 is 24.1 Å². The van der Waals surface area contributed by atoms with Crippen molar-refractivity contribution in [3.63, 3.8) is 0 Å². The lowest BCUT2D eigenvalue weighted by molar-refractivity contribution is -0.136. The van der Waals surface area contributed by atoms with Gasteiger partial charge in [-0.1, -0.05) is 0 Å². The highest BCUT2D eigenvalue weighted by atomic mass is 19.1. The molecule has 4 heterocycles. The number of hydrogen-bond donors (Lipinski definition) is 2. The van der Waals surface area contributed by atoms with E-state index >= 15 is 0 Å². The minimum absolute atomic E-state index is 0.195. The molecule has 0 unspecified atom stereocenters. The minimum atomic E-state index is -0.989. The summed E-state index contributed by atoms with van der Waals surface area (Å²) in [6.45, 7) is 4.25. The number of aromatic nitrogens is 3. The van der Waals surface area contributed by atoms with Gasteiger partial charge < -0.3 is 14.9 Å². The van der Waals surface area contributed by atoms with Crippen molar-refractivity contribution in [2.75, 3.05) is 6.61 Å². The van der Waals surface area contributed by atoms with Gasteiger partial charge in [-0.25, -0.2) is 9.37 Å². The second-order valence-corrected chi connectivity index (χ2v) is 8.79. The number of carbonyl (C=O) groups is 1. The van der Waals surface area contributed by atoms with Crippen LogP contribution in [0.3, 0.4) is 0 Å². The molecule has 7 nitrogen and oxygen atoms in total. The molecule has 174 valence electrons. The number of carboxylic acid groups (broad SMARTS) is 1. The third-order valence-electron chi connectivity index (χ3n) is 6.81. The van der Waals surface area contributed by atoms with E-state index in [2.05, 4.69) is 15.0 Å². The van der Waals surface area contributed by atoms with Gasteiger partial charge in [-0.3, -0.25) is 14.8 Å². The van der Waals surface area contributed by atoms with Gasteiger partial charge in [-0.05, 0) is 65.9 Å². The van der Waals surface area contributed by atoms with E-state index in [-0.39, 0.29) is 17.7 Å². The molecule has 0 bridgehead atoms. The monoisotopic (exact) mass is 469 g/mol. The molecule has 35 heavy (non-hydrogen) atoms. The summed E-state index contributed by atoms with van der Waals surface area (Å²) in [6.07, 6.45) is 3.38. The molecule has 0 fully saturated rings. The smallest absolute Gasteiger partial charge is 0.307 e. The molecule has 1 aliphatic heterocycles. The molecule has 0 saturated heterocycles. The fourth-order valence-corrected chi connectivity index (χ4v) is 5.29. The molecule has 0 spiro atoms. The van der Waals surface area contributed by atoms with Crippen LogP contribution in [0.1, 0.15) is 22.3 Å². The molecule has 0 atom stereocenters. The summed E-state index contributed by atoms with van der Waals surface area (Å²) in [5.41, 5.74) is 6.11. The van der Waals surface area contributed by atoms with Crippen LogP contribution < -0.4 is 4.74 Å². The van der Waals surface area contributed by atoms with Crippen molar-refractivity contribution in [3.05, 3.63) is 64.7 Å². The first-order valence-corrected chi connectivity index (χ1v) is 11.2. The second kappa shape index (κ2) is 7.59. The zero-order valence-corrected chi connectivity index (χ0v) is 19.0. The van der Waals surface area contributed by atoms with Crippen LogP contribution in [0, 0.1) is 19.7 Å². The van der Waals surface area contributed by atoms with Crippen molar-refractivity contribution in [2.24, 2.45) is 0 Å². The maximum absolute atomic E-state index is 14.0. The van der Waals surface area contributed by atoms with E-state index in [0.717, 1.165) is 51.5 Å². The first-order valence-electron chi connectivity index (χ1n) is 11.2. The van der Waals surface area contributed by atoms with E-state index in [1.165, 1.54) is 6.07 Å². The van der Waals surface area contributed by atoms with Gasteiger partial charge in [0.2, 0.25) is 5.88 Å². The Morgan fingerprint density at radius 2 is 1.91 bits per heavy atom. The third kappa shape index (κ3) is 3.10. The van der Waals surface area contributed by atoms with Gasteiger partial charge in [0, 0.05) is 29.0 Å². The predicted molar refractivity (Wildman–Crippen MR) is 129 cm³/mol. The molecular formula is C27H20FN3O4. The fraction of sp³-hybridized carbons (Fsp3) is 0.185. The molecule has 3 aromatic heterocycles. The quantitative estimate of drug-likeness (QED) is 0.357. The summed E-state index contributed by atoms with van der Waals surface area (Å²) >= 11 is 0. The molecule has 0 saturated carbocycles. The van der Waals surface area contributed by atoms with Crippen LogP contribution in [0.2, 0.25) is 0 Å². The maximum Gasteiger partial charge on any atom is 0.307 e. The number of benzene rings is 2. The summed E-state index contributed by atoms with van der Waals surface area (Å²) in [6, 6.07) is 6.98. The van der Waals surface area contributed by atoms with E-state index in [4.69, 9.17) is 4.74 Å². The molecule has 0 aliphatic carbocycles. The first kappa shape index (κ1) is 21.2. The van der Waals surface area contributed by atoms with Crippen molar-refractivity contribution in [1.82, 2.24) is 15.0 Å². The molecule has 2 aromatic carbocycles. The molecule has 8 heteroatoms. The van der Waals surface area contributed by atoms with Gasteiger partial charge >= 0.3 is 5.97 Å². The van der Waals surface area contributed by atoms with Crippen LogP contribution >= 0.6 is 0 Å². The van der Waals surface area contributed by atoms with E-state index in [9.17, 15) is 19.4 Å². The average Bonchev–Trinajstić information content (AvgIpc) is 2.84. The maximum atomic E-state index is 14.0. The Morgan fingerprint density at radius 3 is 2.71 bits per heavy atom. The third-order valence-corrected chi connectivity index (χ3v) is 6.81. The number of hydrogen-bond acceptors (Lipinski definition) is 6. The topological polar surface area (TPSA) is 105 Å². The van der Waals surface area contributed by atoms with E-state index in [0.29, 0.717) is 34.2 Å². The lowest BCUT2D eigenvalue weighted by atomic mass is 9.85. The number of rotatable bonds is 3.